The van der Waals surface area contributed by atoms with Crippen LogP contribution in [0.15, 0.2) is 42.5 Å². The molecule has 0 bridgehead atoms. The molecule has 1 heterocycles. The van der Waals surface area contributed by atoms with Crippen LogP contribution in [0.25, 0.3) is 0 Å². The SMILES string of the molecule is CNNc1nc(C(=O)NCc2ccc(F)c(C)c2)cc(C(=O)N[C@H]2CCc3cc(C(=O)O)ccc32)n1. The lowest BCUT2D eigenvalue weighted by atomic mass is 10.0. The van der Waals surface area contributed by atoms with Crippen molar-refractivity contribution >= 4 is 23.7 Å². The maximum Gasteiger partial charge on any atom is 0.335 e. The first-order valence-electron chi connectivity index (χ1n) is 11.3. The van der Waals surface area contributed by atoms with Gasteiger partial charge in [-0.05, 0) is 60.2 Å². The highest BCUT2D eigenvalue weighted by Gasteiger charge is 2.26. The van der Waals surface area contributed by atoms with Crippen molar-refractivity contribution in [3.05, 3.63) is 87.5 Å². The highest BCUT2D eigenvalue weighted by atomic mass is 19.1. The Bertz CT molecular complexity index is 1350. The number of rotatable bonds is 8. The number of nitrogens with zero attached hydrogens (tertiary/aromatic N) is 2. The van der Waals surface area contributed by atoms with Crippen LogP contribution in [0.2, 0.25) is 0 Å². The third-order valence-electron chi connectivity index (χ3n) is 5.88. The molecule has 1 aliphatic rings. The quantitative estimate of drug-likeness (QED) is 0.302. The number of benzene rings is 2. The number of carbonyl (C=O) groups excluding carboxylic acids is 2. The van der Waals surface area contributed by atoms with Crippen molar-refractivity contribution in [2.24, 2.45) is 0 Å². The van der Waals surface area contributed by atoms with Crippen LogP contribution in [0.4, 0.5) is 10.3 Å². The first-order chi connectivity index (χ1) is 17.2. The van der Waals surface area contributed by atoms with Crippen molar-refractivity contribution in [2.45, 2.75) is 32.4 Å². The van der Waals surface area contributed by atoms with Crippen LogP contribution in [-0.2, 0) is 13.0 Å². The second kappa shape index (κ2) is 10.5. The van der Waals surface area contributed by atoms with E-state index in [9.17, 15) is 23.9 Å². The molecule has 2 aromatic carbocycles. The molecule has 0 fully saturated rings. The topological polar surface area (TPSA) is 145 Å². The van der Waals surface area contributed by atoms with Crippen LogP contribution in [0.1, 0.15) is 66.1 Å². The number of amides is 2. The van der Waals surface area contributed by atoms with Gasteiger partial charge < -0.3 is 15.7 Å². The summed E-state index contributed by atoms with van der Waals surface area (Å²) < 4.78 is 13.5. The fourth-order valence-electron chi connectivity index (χ4n) is 4.07. The minimum atomic E-state index is -1.00. The number of anilines is 1. The summed E-state index contributed by atoms with van der Waals surface area (Å²) in [4.78, 5) is 45.4. The van der Waals surface area contributed by atoms with E-state index in [1.807, 2.05) is 0 Å². The molecule has 1 aromatic heterocycles. The molecule has 0 unspecified atom stereocenters. The van der Waals surface area contributed by atoms with Gasteiger partial charge in [-0.3, -0.25) is 15.0 Å². The van der Waals surface area contributed by atoms with E-state index in [2.05, 4.69) is 31.5 Å². The van der Waals surface area contributed by atoms with Crippen LogP contribution >= 0.6 is 0 Å². The van der Waals surface area contributed by atoms with E-state index < -0.39 is 17.8 Å². The van der Waals surface area contributed by atoms with Crippen molar-refractivity contribution in [1.29, 1.82) is 0 Å². The van der Waals surface area contributed by atoms with Gasteiger partial charge >= 0.3 is 5.97 Å². The number of carboxylic acid groups (broad SMARTS) is 1. The Morgan fingerprint density at radius 3 is 2.50 bits per heavy atom. The first kappa shape index (κ1) is 24.7. The average molecular weight is 493 g/mol. The number of hydrogen-bond acceptors (Lipinski definition) is 7. The molecule has 5 N–H and O–H groups in total. The number of carboxylic acids is 1. The number of halogens is 1. The maximum absolute atomic E-state index is 13.5. The number of aromatic carboxylic acids is 1. The number of hydrogen-bond donors (Lipinski definition) is 5. The predicted octanol–water partition coefficient (Wildman–Crippen LogP) is 2.52. The van der Waals surface area contributed by atoms with Gasteiger partial charge in [0.1, 0.15) is 17.2 Å². The third-order valence-corrected chi connectivity index (χ3v) is 5.88. The number of carbonyl (C=O) groups is 3. The molecule has 0 spiro atoms. The average Bonchev–Trinajstić information content (AvgIpc) is 3.26. The van der Waals surface area contributed by atoms with Gasteiger partial charge in [-0.1, -0.05) is 18.2 Å². The van der Waals surface area contributed by atoms with Crippen molar-refractivity contribution in [2.75, 3.05) is 12.5 Å². The highest BCUT2D eigenvalue weighted by Crippen LogP contribution is 2.32. The minimum Gasteiger partial charge on any atom is -0.478 e. The van der Waals surface area contributed by atoms with Crippen molar-refractivity contribution in [3.63, 3.8) is 0 Å². The molecule has 0 radical (unpaired) electrons. The standard InChI is InChI=1S/C25H25FN6O4/c1-13-9-14(3-7-18(13)26)12-28-22(33)20-11-21(31-25(30-20)32-27-2)23(34)29-19-8-5-15-10-16(24(35)36)4-6-17(15)19/h3-4,6-7,9-11,19,27H,5,8,12H2,1-2H3,(H,28,33)(H,29,34)(H,35,36)(H,30,31,32)/t19-/m0/s1. The van der Waals surface area contributed by atoms with E-state index in [1.165, 1.54) is 18.2 Å². The summed E-state index contributed by atoms with van der Waals surface area (Å²) in [5, 5.41) is 14.8. The molecule has 2 amide bonds. The van der Waals surface area contributed by atoms with Gasteiger partial charge in [-0.2, -0.15) is 0 Å². The van der Waals surface area contributed by atoms with Gasteiger partial charge in [0.2, 0.25) is 5.95 Å². The summed E-state index contributed by atoms with van der Waals surface area (Å²) in [6, 6.07) is 10.4. The first-order valence-corrected chi connectivity index (χ1v) is 11.3. The molecule has 0 saturated carbocycles. The summed E-state index contributed by atoms with van der Waals surface area (Å²) in [6.45, 7) is 1.79. The lowest BCUT2D eigenvalue weighted by Gasteiger charge is -2.15. The Morgan fingerprint density at radius 1 is 1.06 bits per heavy atom. The molecular weight excluding hydrogens is 467 g/mol. The largest absolute Gasteiger partial charge is 0.478 e. The lowest BCUT2D eigenvalue weighted by Crippen LogP contribution is -2.30. The van der Waals surface area contributed by atoms with E-state index in [0.717, 1.165) is 11.1 Å². The van der Waals surface area contributed by atoms with E-state index >= 15 is 0 Å². The van der Waals surface area contributed by atoms with Gasteiger partial charge in [-0.25, -0.2) is 24.6 Å². The van der Waals surface area contributed by atoms with Crippen molar-refractivity contribution < 1.29 is 23.9 Å². The molecule has 0 aliphatic heterocycles. The summed E-state index contributed by atoms with van der Waals surface area (Å²) in [5.41, 5.74) is 8.42. The smallest absolute Gasteiger partial charge is 0.335 e. The van der Waals surface area contributed by atoms with Crippen molar-refractivity contribution in [1.82, 2.24) is 26.0 Å². The summed E-state index contributed by atoms with van der Waals surface area (Å²) >= 11 is 0. The number of nitrogens with one attached hydrogen (secondary N) is 4. The fraction of sp³-hybridized carbons (Fsp3) is 0.240. The fourth-order valence-corrected chi connectivity index (χ4v) is 4.07. The molecule has 11 heteroatoms. The molecule has 1 atom stereocenters. The normalized spacial score (nSPS) is 14.1. The Balaban J connectivity index is 1.50. The van der Waals surface area contributed by atoms with Gasteiger partial charge in [0.15, 0.2) is 0 Å². The minimum absolute atomic E-state index is 0.0128. The van der Waals surface area contributed by atoms with Gasteiger partial charge in [-0.15, -0.1) is 0 Å². The van der Waals surface area contributed by atoms with Crippen molar-refractivity contribution in [3.8, 4) is 0 Å². The van der Waals surface area contributed by atoms with Crippen LogP contribution in [-0.4, -0.2) is 39.9 Å². The van der Waals surface area contributed by atoms with Gasteiger partial charge in [0.25, 0.3) is 11.8 Å². The second-order valence-corrected chi connectivity index (χ2v) is 8.39. The molecule has 36 heavy (non-hydrogen) atoms. The zero-order valence-electron chi connectivity index (χ0n) is 19.7. The molecule has 3 aromatic rings. The van der Waals surface area contributed by atoms with Crippen LogP contribution in [0.3, 0.4) is 0 Å². The monoisotopic (exact) mass is 492 g/mol. The maximum atomic E-state index is 13.5. The molecule has 1 aliphatic carbocycles. The number of aromatic nitrogens is 2. The molecule has 186 valence electrons. The summed E-state index contributed by atoms with van der Waals surface area (Å²) in [7, 11) is 1.59. The zero-order valence-corrected chi connectivity index (χ0v) is 19.7. The molecular formula is C25H25FN6O4. The van der Waals surface area contributed by atoms with Crippen LogP contribution in [0.5, 0.6) is 0 Å². The van der Waals surface area contributed by atoms with E-state index in [-0.39, 0.29) is 41.3 Å². The number of aryl methyl sites for hydroxylation is 2. The Kier molecular flexibility index (Phi) is 7.20. The van der Waals surface area contributed by atoms with Crippen LogP contribution < -0.4 is 21.5 Å². The number of fused-ring (bicyclic) bond motifs is 1. The third kappa shape index (κ3) is 5.47. The Morgan fingerprint density at radius 2 is 1.81 bits per heavy atom. The highest BCUT2D eigenvalue weighted by molar-refractivity contribution is 5.98. The molecule has 0 saturated heterocycles. The second-order valence-electron chi connectivity index (χ2n) is 8.39. The molecule has 10 nitrogen and oxygen atoms in total. The molecule has 4 rings (SSSR count). The van der Waals surface area contributed by atoms with E-state index in [4.69, 9.17) is 0 Å². The summed E-state index contributed by atoms with van der Waals surface area (Å²) in [5.74, 6) is -2.33. The number of hydrazine groups is 1. The Labute approximate surface area is 206 Å². The van der Waals surface area contributed by atoms with Gasteiger partial charge in [0, 0.05) is 19.7 Å². The zero-order chi connectivity index (χ0) is 25.8. The lowest BCUT2D eigenvalue weighted by molar-refractivity contribution is 0.0696. The summed E-state index contributed by atoms with van der Waals surface area (Å²) in [6.07, 6.45) is 1.25. The van der Waals surface area contributed by atoms with Crippen LogP contribution in [0, 0.1) is 12.7 Å². The van der Waals surface area contributed by atoms with E-state index in [1.54, 1.807) is 38.2 Å². The van der Waals surface area contributed by atoms with Gasteiger partial charge in [0.05, 0.1) is 11.6 Å². The predicted molar refractivity (Wildman–Crippen MR) is 129 cm³/mol. The Hall–Kier alpha value is -4.38. The van der Waals surface area contributed by atoms with E-state index in [0.29, 0.717) is 24.0 Å².